The lowest BCUT2D eigenvalue weighted by atomic mass is 9.95. The number of benzene rings is 2. The van der Waals surface area contributed by atoms with Gasteiger partial charge in [-0.25, -0.2) is 14.1 Å². The Morgan fingerprint density at radius 3 is 2.39 bits per heavy atom. The van der Waals surface area contributed by atoms with E-state index in [-0.39, 0.29) is 22.5 Å². The first kappa shape index (κ1) is 25.1. The number of nitrogens with two attached hydrogens (primary N) is 1. The Morgan fingerprint density at radius 1 is 1.24 bits per heavy atom. The molecule has 3 N–H and O–H groups in total. The number of nitrogens with one attached hydrogen (secondary N) is 1. The van der Waals surface area contributed by atoms with Crippen LogP contribution in [0.4, 0.5) is 19.3 Å². The Bertz CT molecular complexity index is 1100. The predicted molar refractivity (Wildman–Crippen MR) is 125 cm³/mol. The maximum atomic E-state index is 13.0. The van der Waals surface area contributed by atoms with Crippen molar-refractivity contribution in [2.75, 3.05) is 19.4 Å². The normalized spacial score (nSPS) is 15.6. The molecule has 1 atom stereocenters. The lowest BCUT2D eigenvalue weighted by Gasteiger charge is -2.19. The Labute approximate surface area is 193 Å². The third kappa shape index (κ3) is 6.72. The van der Waals surface area contributed by atoms with Gasteiger partial charge in [-0.15, -0.1) is 4.36 Å². The number of nitrogens with zero attached hydrogens (tertiary/aromatic N) is 2. The first-order valence-corrected chi connectivity index (χ1v) is 12.3. The molecule has 2 aromatic carbocycles. The molecule has 10 heteroatoms. The number of amides is 2. The van der Waals surface area contributed by atoms with Gasteiger partial charge in [0, 0.05) is 12.2 Å². The Kier molecular flexibility index (Phi) is 7.71. The van der Waals surface area contributed by atoms with Gasteiger partial charge in [0.2, 0.25) is 0 Å². The number of carbonyl (C=O) groups excluding carboxylic acids is 1. The molecule has 33 heavy (non-hydrogen) atoms. The summed E-state index contributed by atoms with van der Waals surface area (Å²) in [7, 11) is 0.401. The second-order valence-corrected chi connectivity index (χ2v) is 10.5. The summed E-state index contributed by atoms with van der Waals surface area (Å²) in [5.41, 5.74) is 2.83. The fourth-order valence-electron chi connectivity index (χ4n) is 3.61. The summed E-state index contributed by atoms with van der Waals surface area (Å²) in [5.74, 6) is 0.0852. The van der Waals surface area contributed by atoms with E-state index in [1.165, 1.54) is 12.1 Å². The van der Waals surface area contributed by atoms with Crippen LogP contribution in [0, 0.1) is 0 Å². The minimum absolute atomic E-state index is 0.0472. The molecule has 0 spiro atoms. The monoisotopic (exact) mass is 480 g/mol. The molecule has 1 aliphatic carbocycles. The average molecular weight is 481 g/mol. The number of ether oxygens (including phenoxy) is 1. The van der Waals surface area contributed by atoms with Gasteiger partial charge in [0.05, 0.1) is 4.90 Å². The van der Waals surface area contributed by atoms with Crippen LogP contribution < -0.4 is 15.2 Å². The summed E-state index contributed by atoms with van der Waals surface area (Å²) in [6.45, 7) is 1.52. The number of carbonyl (C=O) groups is 1. The zero-order valence-electron chi connectivity index (χ0n) is 19.2. The third-order valence-electron chi connectivity index (χ3n) is 5.25. The maximum absolute atomic E-state index is 13.0. The molecule has 0 heterocycles. The molecule has 1 saturated carbocycles. The van der Waals surface area contributed by atoms with E-state index >= 15 is 0 Å². The third-order valence-corrected chi connectivity index (χ3v) is 6.63. The fourth-order valence-corrected chi connectivity index (χ4v) is 4.53. The number of hydrogen-bond acceptors (Lipinski definition) is 4. The van der Waals surface area contributed by atoms with Crippen molar-refractivity contribution in [1.82, 2.24) is 4.90 Å². The maximum Gasteiger partial charge on any atom is 0.387 e. The van der Waals surface area contributed by atoms with E-state index < -0.39 is 22.6 Å². The van der Waals surface area contributed by atoms with E-state index in [1.54, 1.807) is 24.3 Å². The SMILES string of the molecule is CC(C)c1cc(OC(F)F)cc(C2CC2)c1NC(=O)N=[S@](N)(=O)c1ccc(CN(C)C)cc1. The molecule has 0 saturated heterocycles. The number of halogens is 2. The van der Waals surface area contributed by atoms with Gasteiger partial charge in [0.25, 0.3) is 0 Å². The van der Waals surface area contributed by atoms with E-state index in [0.717, 1.165) is 18.4 Å². The standard InChI is InChI=1S/C23H30F2N4O3S/c1-14(2)19-11-17(32-22(24)25)12-20(16-7-8-16)21(19)27-23(30)28-33(26,31)18-9-5-15(6-10-18)13-29(3)4/h5-6,9-12,14,16,22H,7-8,13H2,1-4H3,(H3,26,27,28,30,31)/t33-/m0/s1. The molecule has 7 nitrogen and oxygen atoms in total. The van der Waals surface area contributed by atoms with Crippen molar-refractivity contribution in [2.45, 2.75) is 56.6 Å². The van der Waals surface area contributed by atoms with Crippen molar-refractivity contribution >= 4 is 21.6 Å². The van der Waals surface area contributed by atoms with Crippen molar-refractivity contribution in [3.63, 3.8) is 0 Å². The van der Waals surface area contributed by atoms with Crippen LogP contribution in [-0.4, -0.2) is 35.8 Å². The molecule has 0 unspecified atom stereocenters. The van der Waals surface area contributed by atoms with Gasteiger partial charge in [0.15, 0.2) is 0 Å². The van der Waals surface area contributed by atoms with Crippen LogP contribution in [0.2, 0.25) is 0 Å². The molecular weight excluding hydrogens is 450 g/mol. The van der Waals surface area contributed by atoms with Gasteiger partial charge in [-0.2, -0.15) is 8.78 Å². The minimum atomic E-state index is -3.47. The molecule has 1 fully saturated rings. The molecule has 2 amide bonds. The second kappa shape index (κ2) is 10.1. The van der Waals surface area contributed by atoms with Crippen LogP contribution in [0.1, 0.15) is 55.2 Å². The molecule has 0 aromatic heterocycles. The smallest absolute Gasteiger partial charge is 0.387 e. The van der Waals surface area contributed by atoms with Gasteiger partial charge >= 0.3 is 12.6 Å². The quantitative estimate of drug-likeness (QED) is 0.537. The first-order chi connectivity index (χ1) is 15.5. The molecule has 180 valence electrons. The van der Waals surface area contributed by atoms with Gasteiger partial charge < -0.3 is 15.0 Å². The summed E-state index contributed by atoms with van der Waals surface area (Å²) in [4.78, 5) is 15.0. The highest BCUT2D eigenvalue weighted by molar-refractivity contribution is 7.91. The summed E-state index contributed by atoms with van der Waals surface area (Å²) in [5, 5.41) is 8.63. The van der Waals surface area contributed by atoms with Crippen molar-refractivity contribution in [3.8, 4) is 5.75 Å². The van der Waals surface area contributed by atoms with Crippen molar-refractivity contribution in [1.29, 1.82) is 0 Å². The molecule has 3 rings (SSSR count). The highest BCUT2D eigenvalue weighted by atomic mass is 32.2. The summed E-state index contributed by atoms with van der Waals surface area (Å²) >= 11 is 0. The van der Waals surface area contributed by atoms with E-state index in [0.29, 0.717) is 23.4 Å². The molecule has 0 bridgehead atoms. The number of urea groups is 1. The Balaban J connectivity index is 1.91. The van der Waals surface area contributed by atoms with E-state index in [4.69, 9.17) is 5.14 Å². The van der Waals surface area contributed by atoms with Crippen molar-refractivity contribution in [2.24, 2.45) is 9.50 Å². The summed E-state index contributed by atoms with van der Waals surface area (Å²) in [6.07, 6.45) is 1.76. The summed E-state index contributed by atoms with van der Waals surface area (Å²) < 4.78 is 46.9. The van der Waals surface area contributed by atoms with E-state index in [9.17, 15) is 17.8 Å². The minimum Gasteiger partial charge on any atom is -0.435 e. The highest BCUT2D eigenvalue weighted by Crippen LogP contribution is 2.47. The zero-order chi connectivity index (χ0) is 24.3. The Hall–Kier alpha value is -2.56. The lowest BCUT2D eigenvalue weighted by molar-refractivity contribution is -0.0499. The van der Waals surface area contributed by atoms with E-state index in [1.807, 2.05) is 32.8 Å². The van der Waals surface area contributed by atoms with Crippen molar-refractivity contribution in [3.05, 3.63) is 53.1 Å². The lowest BCUT2D eigenvalue weighted by Crippen LogP contribution is -2.19. The number of rotatable bonds is 8. The van der Waals surface area contributed by atoms with Gasteiger partial charge in [-0.05, 0) is 79.7 Å². The van der Waals surface area contributed by atoms with Crippen LogP contribution >= 0.6 is 0 Å². The number of hydrogen-bond donors (Lipinski definition) is 2. The first-order valence-electron chi connectivity index (χ1n) is 10.7. The number of alkyl halides is 2. The largest absolute Gasteiger partial charge is 0.435 e. The van der Waals surface area contributed by atoms with Gasteiger partial charge in [0.1, 0.15) is 15.7 Å². The summed E-state index contributed by atoms with van der Waals surface area (Å²) in [6, 6.07) is 8.94. The van der Waals surface area contributed by atoms with Crippen LogP contribution in [0.3, 0.4) is 0 Å². The van der Waals surface area contributed by atoms with Gasteiger partial charge in [-0.1, -0.05) is 26.0 Å². The van der Waals surface area contributed by atoms with Crippen LogP contribution in [0.5, 0.6) is 5.75 Å². The topological polar surface area (TPSA) is 97.0 Å². The van der Waals surface area contributed by atoms with Crippen molar-refractivity contribution < 1.29 is 22.5 Å². The van der Waals surface area contributed by atoms with Crippen LogP contribution in [0.15, 0.2) is 45.7 Å². The second-order valence-electron chi connectivity index (χ2n) is 8.76. The molecule has 0 radical (unpaired) electrons. The molecule has 0 aliphatic heterocycles. The van der Waals surface area contributed by atoms with Crippen LogP contribution in [0.25, 0.3) is 0 Å². The predicted octanol–water partition coefficient (Wildman–Crippen LogP) is 5.28. The average Bonchev–Trinajstić information content (AvgIpc) is 3.53. The molecule has 2 aromatic rings. The Morgan fingerprint density at radius 2 is 1.88 bits per heavy atom. The highest BCUT2D eigenvalue weighted by Gasteiger charge is 2.30. The zero-order valence-corrected chi connectivity index (χ0v) is 20.0. The van der Waals surface area contributed by atoms with Gasteiger partial charge in [-0.3, -0.25) is 0 Å². The van der Waals surface area contributed by atoms with Crippen LogP contribution in [-0.2, 0) is 16.5 Å². The van der Waals surface area contributed by atoms with E-state index in [2.05, 4.69) is 14.4 Å². The molecule has 1 aliphatic rings. The number of anilines is 1. The molecular formula is C23H30F2N4O3S. The fraction of sp³-hybridized carbons (Fsp3) is 0.435.